The van der Waals surface area contributed by atoms with Crippen molar-refractivity contribution >= 4 is 29.4 Å². The van der Waals surface area contributed by atoms with Gasteiger partial charge in [-0.1, -0.05) is 6.58 Å². The zero-order valence-electron chi connectivity index (χ0n) is 17.5. The normalized spacial score (nSPS) is 14.3. The average Bonchev–Trinajstić information content (AvgIpc) is 2.74. The lowest BCUT2D eigenvalue weighted by Crippen LogP contribution is -2.45. The highest BCUT2D eigenvalue weighted by molar-refractivity contribution is 7.99. The Balaban J connectivity index is 1.87. The fourth-order valence-corrected chi connectivity index (χ4v) is 3.56. The third kappa shape index (κ3) is 5.16. The quantitative estimate of drug-likeness (QED) is 0.514. The minimum atomic E-state index is -0.306. The number of nitrogens with one attached hydrogen (secondary N) is 1. The fourth-order valence-electron chi connectivity index (χ4n) is 2.69. The van der Waals surface area contributed by atoms with Gasteiger partial charge < -0.3 is 24.6 Å². The molecule has 10 nitrogen and oxygen atoms in total. The Morgan fingerprint density at radius 3 is 2.33 bits per heavy atom. The van der Waals surface area contributed by atoms with Crippen LogP contribution in [0.5, 0.6) is 11.8 Å². The van der Waals surface area contributed by atoms with E-state index in [-0.39, 0.29) is 5.91 Å². The summed E-state index contributed by atoms with van der Waals surface area (Å²) in [6.45, 7) is 8.75. The molecule has 3 heterocycles. The van der Waals surface area contributed by atoms with Gasteiger partial charge in [0.25, 0.3) is 5.91 Å². The second kappa shape index (κ2) is 9.72. The maximum Gasteiger partial charge on any atom is 0.251 e. The number of aromatic nitrogens is 4. The van der Waals surface area contributed by atoms with Crippen LogP contribution in [0, 0.1) is 0 Å². The van der Waals surface area contributed by atoms with E-state index >= 15 is 0 Å². The lowest BCUT2D eigenvalue weighted by molar-refractivity contribution is -0.112. The molecule has 0 bridgehead atoms. The van der Waals surface area contributed by atoms with Gasteiger partial charge in [-0.3, -0.25) is 4.79 Å². The second-order valence-electron chi connectivity index (χ2n) is 6.72. The van der Waals surface area contributed by atoms with Crippen LogP contribution in [0.1, 0.15) is 6.92 Å². The highest BCUT2D eigenvalue weighted by Gasteiger charge is 2.23. The number of hydrogen-bond acceptors (Lipinski definition) is 10. The molecule has 0 unspecified atom stereocenters. The van der Waals surface area contributed by atoms with Gasteiger partial charge in [-0.2, -0.15) is 9.97 Å². The highest BCUT2D eigenvalue weighted by atomic mass is 32.2. The summed E-state index contributed by atoms with van der Waals surface area (Å²) in [4.78, 5) is 34.5. The molecule has 1 saturated heterocycles. The lowest BCUT2D eigenvalue weighted by Gasteiger charge is -2.32. The van der Waals surface area contributed by atoms with Gasteiger partial charge in [-0.15, -0.1) is 0 Å². The molecular formula is C19H25N7O3S. The number of methoxy groups -OCH3 is 2. The Hall–Kier alpha value is -2.92. The molecule has 3 rings (SSSR count). The summed E-state index contributed by atoms with van der Waals surface area (Å²) in [5, 5.41) is 3.06. The number of anilines is 2. The van der Waals surface area contributed by atoms with Crippen LogP contribution in [0.2, 0.25) is 0 Å². The molecule has 0 spiro atoms. The summed E-state index contributed by atoms with van der Waals surface area (Å²) >= 11 is 1.20. The predicted octanol–water partition coefficient (Wildman–Crippen LogP) is 1.70. The Bertz CT molecular complexity index is 907. The van der Waals surface area contributed by atoms with Gasteiger partial charge in [0, 0.05) is 37.9 Å². The van der Waals surface area contributed by atoms with Crippen LogP contribution in [0.4, 0.5) is 11.8 Å². The van der Waals surface area contributed by atoms with E-state index in [1.165, 1.54) is 11.8 Å². The summed E-state index contributed by atoms with van der Waals surface area (Å²) < 4.78 is 11.0. The molecule has 0 aromatic carbocycles. The molecule has 0 radical (unpaired) electrons. The molecule has 1 N–H and O–H groups in total. The predicted molar refractivity (Wildman–Crippen MR) is 114 cm³/mol. The smallest absolute Gasteiger partial charge is 0.251 e. The van der Waals surface area contributed by atoms with Crippen LogP contribution in [0.3, 0.4) is 0 Å². The zero-order valence-corrected chi connectivity index (χ0v) is 18.3. The first kappa shape index (κ1) is 21.8. The SMILES string of the molecule is C=C(C)C(=O)Nc1ccnc(Sc2c(OC)nc(N3CCN(C)CC3)nc2OC)n1. The Kier molecular flexibility index (Phi) is 7.06. The summed E-state index contributed by atoms with van der Waals surface area (Å²) in [6.07, 6.45) is 1.56. The minimum absolute atomic E-state index is 0.306. The van der Waals surface area contributed by atoms with Gasteiger partial charge in [-0.05, 0) is 31.8 Å². The minimum Gasteiger partial charge on any atom is -0.480 e. The van der Waals surface area contributed by atoms with Crippen molar-refractivity contribution in [3.8, 4) is 11.8 Å². The van der Waals surface area contributed by atoms with Crippen molar-refractivity contribution in [1.29, 1.82) is 0 Å². The van der Waals surface area contributed by atoms with E-state index < -0.39 is 0 Å². The van der Waals surface area contributed by atoms with E-state index in [9.17, 15) is 4.79 Å². The standard InChI is InChI=1S/C19H25N7O3S/c1-12(2)15(27)21-13-6-7-20-19(22-13)30-14-16(28-4)23-18(24-17(14)29-5)26-10-8-25(3)9-11-26/h6-7H,1,8-11H2,2-5H3,(H,20,21,22,27). The maximum absolute atomic E-state index is 11.8. The number of ether oxygens (including phenoxy) is 2. The molecule has 1 amide bonds. The van der Waals surface area contributed by atoms with Crippen LogP contribution < -0.4 is 19.7 Å². The summed E-state index contributed by atoms with van der Waals surface area (Å²) in [5.41, 5.74) is 0.388. The molecule has 0 aliphatic carbocycles. The van der Waals surface area contributed by atoms with Gasteiger partial charge in [0.15, 0.2) is 5.16 Å². The molecule has 1 aliphatic rings. The van der Waals surface area contributed by atoms with Crippen molar-refractivity contribution in [2.45, 2.75) is 17.0 Å². The van der Waals surface area contributed by atoms with Crippen molar-refractivity contribution in [2.75, 3.05) is 57.7 Å². The molecule has 11 heteroatoms. The number of carbonyl (C=O) groups is 1. The van der Waals surface area contributed by atoms with Crippen molar-refractivity contribution in [1.82, 2.24) is 24.8 Å². The number of likely N-dealkylation sites (N-methyl/N-ethyl adjacent to an activating group) is 1. The maximum atomic E-state index is 11.8. The molecule has 2 aromatic rings. The van der Waals surface area contributed by atoms with Crippen LogP contribution in [0.25, 0.3) is 0 Å². The molecule has 160 valence electrons. The number of hydrogen-bond donors (Lipinski definition) is 1. The van der Waals surface area contributed by atoms with Gasteiger partial charge >= 0.3 is 0 Å². The third-order valence-corrected chi connectivity index (χ3v) is 5.35. The number of piperazine rings is 1. The first-order valence-electron chi connectivity index (χ1n) is 9.32. The van der Waals surface area contributed by atoms with E-state index in [1.807, 2.05) is 0 Å². The van der Waals surface area contributed by atoms with Gasteiger partial charge in [0.1, 0.15) is 10.7 Å². The summed E-state index contributed by atoms with van der Waals surface area (Å²) in [7, 11) is 5.18. The van der Waals surface area contributed by atoms with E-state index in [0.29, 0.717) is 39.2 Å². The van der Waals surface area contributed by atoms with E-state index in [2.05, 4.69) is 48.7 Å². The first-order valence-corrected chi connectivity index (χ1v) is 10.1. The number of nitrogens with zero attached hydrogens (tertiary/aromatic N) is 6. The Labute approximate surface area is 179 Å². The van der Waals surface area contributed by atoms with E-state index in [0.717, 1.165) is 26.2 Å². The topological polar surface area (TPSA) is 106 Å². The number of rotatable bonds is 7. The van der Waals surface area contributed by atoms with E-state index in [4.69, 9.17) is 9.47 Å². The second-order valence-corrected chi connectivity index (χ2v) is 7.70. The lowest BCUT2D eigenvalue weighted by atomic mass is 10.3. The molecule has 1 aliphatic heterocycles. The van der Waals surface area contributed by atoms with Crippen molar-refractivity contribution in [3.63, 3.8) is 0 Å². The average molecular weight is 432 g/mol. The number of amides is 1. The van der Waals surface area contributed by atoms with Crippen LogP contribution in [-0.2, 0) is 4.79 Å². The van der Waals surface area contributed by atoms with Crippen molar-refractivity contribution in [3.05, 3.63) is 24.4 Å². The monoisotopic (exact) mass is 431 g/mol. The highest BCUT2D eigenvalue weighted by Crippen LogP contribution is 2.39. The number of carbonyl (C=O) groups excluding carboxylic acids is 1. The first-order chi connectivity index (χ1) is 14.4. The molecule has 2 aromatic heterocycles. The molecule has 30 heavy (non-hydrogen) atoms. The third-order valence-electron chi connectivity index (χ3n) is 4.42. The van der Waals surface area contributed by atoms with Crippen molar-refractivity contribution in [2.24, 2.45) is 0 Å². The summed E-state index contributed by atoms with van der Waals surface area (Å²) in [6, 6.07) is 1.60. The largest absolute Gasteiger partial charge is 0.480 e. The summed E-state index contributed by atoms with van der Waals surface area (Å²) in [5.74, 6) is 1.37. The fraction of sp³-hybridized carbons (Fsp3) is 0.421. The molecule has 1 fully saturated rings. The molecule has 0 saturated carbocycles. The van der Waals surface area contributed by atoms with Gasteiger partial charge in [0.2, 0.25) is 17.7 Å². The van der Waals surface area contributed by atoms with Gasteiger partial charge in [-0.25, -0.2) is 9.97 Å². The van der Waals surface area contributed by atoms with E-state index in [1.54, 1.807) is 33.4 Å². The van der Waals surface area contributed by atoms with Crippen LogP contribution in [0.15, 0.2) is 34.5 Å². The molecule has 0 atom stereocenters. The van der Waals surface area contributed by atoms with Crippen molar-refractivity contribution < 1.29 is 14.3 Å². The van der Waals surface area contributed by atoms with Crippen LogP contribution >= 0.6 is 11.8 Å². The van der Waals surface area contributed by atoms with Gasteiger partial charge in [0.05, 0.1) is 14.2 Å². The zero-order chi connectivity index (χ0) is 21.7. The Morgan fingerprint density at radius 2 is 1.77 bits per heavy atom. The molecular weight excluding hydrogens is 406 g/mol. The Morgan fingerprint density at radius 1 is 1.13 bits per heavy atom. The van der Waals surface area contributed by atoms with Crippen LogP contribution in [-0.4, -0.2) is 78.2 Å².